The summed E-state index contributed by atoms with van der Waals surface area (Å²) in [6.07, 6.45) is 1.75. The van der Waals surface area contributed by atoms with Gasteiger partial charge in [-0.2, -0.15) is 0 Å². The molecule has 2 rings (SSSR count). The minimum atomic E-state index is -3.43. The summed E-state index contributed by atoms with van der Waals surface area (Å²) in [6, 6.07) is 5.09. The van der Waals surface area contributed by atoms with Crippen LogP contribution in [0.2, 0.25) is 0 Å². The van der Waals surface area contributed by atoms with Gasteiger partial charge in [-0.05, 0) is 32.1 Å². The van der Waals surface area contributed by atoms with Gasteiger partial charge in [0.15, 0.2) is 0 Å². The molecule has 1 N–H and O–H groups in total. The van der Waals surface area contributed by atoms with Gasteiger partial charge in [0.25, 0.3) is 0 Å². The van der Waals surface area contributed by atoms with Crippen LogP contribution in [-0.4, -0.2) is 19.1 Å². The van der Waals surface area contributed by atoms with Gasteiger partial charge in [-0.25, -0.2) is 8.42 Å². The fourth-order valence-electron chi connectivity index (χ4n) is 1.84. The van der Waals surface area contributed by atoms with E-state index in [4.69, 9.17) is 0 Å². The van der Waals surface area contributed by atoms with Crippen LogP contribution in [0.4, 0.5) is 0 Å². The predicted octanol–water partition coefficient (Wildman–Crippen LogP) is 2.74. The number of benzene rings is 1. The van der Waals surface area contributed by atoms with E-state index in [1.54, 1.807) is 38.1 Å². The molecule has 1 heterocycles. The molecule has 0 bridgehead atoms. The first-order valence-corrected chi connectivity index (χ1v) is 7.46. The van der Waals surface area contributed by atoms with Gasteiger partial charge >= 0.3 is 0 Å². The van der Waals surface area contributed by atoms with Crippen molar-refractivity contribution < 1.29 is 13.5 Å². The number of fused-ring (bicyclic) bond motifs is 1. The topological polar surface area (TPSA) is 54.4 Å². The molecule has 17 heavy (non-hydrogen) atoms. The van der Waals surface area contributed by atoms with E-state index in [2.05, 4.69) is 15.9 Å². The monoisotopic (exact) mass is 316 g/mol. The van der Waals surface area contributed by atoms with Crippen molar-refractivity contribution >= 4 is 31.8 Å². The van der Waals surface area contributed by atoms with Gasteiger partial charge in [0.2, 0.25) is 9.84 Å². The van der Waals surface area contributed by atoms with Crippen LogP contribution in [0.1, 0.15) is 25.8 Å². The predicted molar refractivity (Wildman–Crippen MR) is 70.2 cm³/mol. The Morgan fingerprint density at radius 1 is 1.35 bits per heavy atom. The maximum Gasteiger partial charge on any atom is 0.203 e. The summed E-state index contributed by atoms with van der Waals surface area (Å²) in [5, 5.41) is 9.74. The van der Waals surface area contributed by atoms with Crippen molar-refractivity contribution in [2.24, 2.45) is 0 Å². The van der Waals surface area contributed by atoms with Gasteiger partial charge < -0.3 is 5.11 Å². The van der Waals surface area contributed by atoms with E-state index in [1.807, 2.05) is 0 Å². The van der Waals surface area contributed by atoms with Crippen molar-refractivity contribution in [3.05, 3.63) is 33.1 Å². The van der Waals surface area contributed by atoms with Gasteiger partial charge in [-0.3, -0.25) is 0 Å². The first-order chi connectivity index (χ1) is 7.72. The second kappa shape index (κ2) is 3.93. The normalized spacial score (nSPS) is 17.8. The summed E-state index contributed by atoms with van der Waals surface area (Å²) in [7, 11) is -3.43. The molecule has 5 heteroatoms. The number of hydrogen-bond donors (Lipinski definition) is 1. The van der Waals surface area contributed by atoms with Crippen LogP contribution in [0.15, 0.2) is 32.5 Å². The maximum atomic E-state index is 12.2. The van der Waals surface area contributed by atoms with E-state index < -0.39 is 15.4 Å². The van der Waals surface area contributed by atoms with Crippen LogP contribution in [-0.2, 0) is 9.84 Å². The smallest absolute Gasteiger partial charge is 0.203 e. The third kappa shape index (κ3) is 2.32. The highest BCUT2D eigenvalue weighted by molar-refractivity contribution is 9.10. The molecule has 0 aliphatic carbocycles. The quantitative estimate of drug-likeness (QED) is 0.912. The van der Waals surface area contributed by atoms with E-state index in [1.165, 1.54) is 0 Å². The molecule has 0 fully saturated rings. The Balaban J connectivity index is 2.55. The lowest BCUT2D eigenvalue weighted by Gasteiger charge is -2.17. The number of aliphatic hydroxyl groups is 1. The highest BCUT2D eigenvalue weighted by Gasteiger charge is 2.33. The van der Waals surface area contributed by atoms with Crippen LogP contribution >= 0.6 is 15.9 Å². The zero-order valence-corrected chi connectivity index (χ0v) is 12.0. The van der Waals surface area contributed by atoms with E-state index in [9.17, 15) is 13.5 Å². The van der Waals surface area contributed by atoms with Crippen LogP contribution in [0.25, 0.3) is 6.08 Å². The highest BCUT2D eigenvalue weighted by atomic mass is 79.9. The average Bonchev–Trinajstić information content (AvgIpc) is 2.39. The van der Waals surface area contributed by atoms with Crippen molar-refractivity contribution in [2.45, 2.75) is 30.8 Å². The molecule has 0 saturated carbocycles. The fraction of sp³-hybridized carbons (Fsp3) is 0.333. The van der Waals surface area contributed by atoms with Gasteiger partial charge in [0.1, 0.15) is 0 Å². The molecule has 0 unspecified atom stereocenters. The summed E-state index contributed by atoms with van der Waals surface area (Å²) in [5.41, 5.74) is -0.361. The van der Waals surface area contributed by atoms with E-state index in [-0.39, 0.29) is 11.3 Å². The Kier molecular flexibility index (Phi) is 2.96. The third-order valence-corrected chi connectivity index (χ3v) is 5.14. The first kappa shape index (κ1) is 12.8. The van der Waals surface area contributed by atoms with Gasteiger partial charge in [0.05, 0.1) is 15.4 Å². The summed E-state index contributed by atoms with van der Waals surface area (Å²) in [5.74, 6) is 0. The Hall–Kier alpha value is -0.650. The summed E-state index contributed by atoms with van der Waals surface area (Å²) < 4.78 is 25.2. The van der Waals surface area contributed by atoms with Crippen molar-refractivity contribution in [2.75, 3.05) is 0 Å². The zero-order valence-electron chi connectivity index (χ0n) is 9.57. The lowest BCUT2D eigenvalue weighted by atomic mass is 10.0. The molecule has 0 radical (unpaired) electrons. The Morgan fingerprint density at radius 2 is 2.00 bits per heavy atom. The van der Waals surface area contributed by atoms with E-state index >= 15 is 0 Å². The largest absolute Gasteiger partial charge is 0.390 e. The minimum Gasteiger partial charge on any atom is -0.390 e. The number of rotatable bonds is 2. The molecule has 0 aromatic heterocycles. The molecular weight excluding hydrogens is 304 g/mol. The van der Waals surface area contributed by atoms with Crippen molar-refractivity contribution in [3.8, 4) is 0 Å². The Bertz CT molecular complexity index is 595. The van der Waals surface area contributed by atoms with E-state index in [0.29, 0.717) is 10.5 Å². The molecule has 1 aromatic rings. The van der Waals surface area contributed by atoms with Crippen molar-refractivity contribution in [3.63, 3.8) is 0 Å². The van der Waals surface area contributed by atoms with Gasteiger partial charge in [0, 0.05) is 16.5 Å². The first-order valence-electron chi connectivity index (χ1n) is 5.18. The van der Waals surface area contributed by atoms with E-state index in [0.717, 1.165) is 4.47 Å². The second-order valence-corrected chi connectivity index (χ2v) is 7.58. The molecule has 0 amide bonds. The molecule has 92 valence electrons. The van der Waals surface area contributed by atoms with Crippen LogP contribution in [0.3, 0.4) is 0 Å². The molecule has 1 aliphatic heterocycles. The number of sulfone groups is 1. The summed E-state index contributed by atoms with van der Waals surface area (Å²) >= 11 is 3.33. The SMILES string of the molecule is CC(C)(O)CC1=Cc2c(Br)cccc2S1(=O)=O. The van der Waals surface area contributed by atoms with Crippen LogP contribution in [0.5, 0.6) is 0 Å². The van der Waals surface area contributed by atoms with Gasteiger partial charge in [-0.1, -0.05) is 22.0 Å². The summed E-state index contributed by atoms with van der Waals surface area (Å²) in [6.45, 7) is 3.20. The average molecular weight is 317 g/mol. The zero-order chi connectivity index (χ0) is 12.8. The Morgan fingerprint density at radius 3 is 2.53 bits per heavy atom. The number of halogens is 1. The minimum absolute atomic E-state index is 0.121. The molecule has 0 saturated heterocycles. The van der Waals surface area contributed by atoms with Crippen molar-refractivity contribution in [1.29, 1.82) is 0 Å². The molecule has 3 nitrogen and oxygen atoms in total. The second-order valence-electron chi connectivity index (χ2n) is 4.75. The third-order valence-electron chi connectivity index (χ3n) is 2.56. The van der Waals surface area contributed by atoms with Crippen LogP contribution in [0, 0.1) is 0 Å². The standard InChI is InChI=1S/C12H13BrO3S/c1-12(2,14)7-8-6-9-10(13)4-3-5-11(9)17(8,15)16/h3-6,14H,7H2,1-2H3. The lowest BCUT2D eigenvalue weighted by molar-refractivity contribution is 0.0829. The van der Waals surface area contributed by atoms with Crippen molar-refractivity contribution in [1.82, 2.24) is 0 Å². The van der Waals surface area contributed by atoms with Crippen LogP contribution < -0.4 is 0 Å². The molecule has 1 aliphatic rings. The molecule has 0 spiro atoms. The lowest BCUT2D eigenvalue weighted by Crippen LogP contribution is -2.21. The Labute approximate surface area is 109 Å². The molecule has 0 atom stereocenters. The maximum absolute atomic E-state index is 12.2. The van der Waals surface area contributed by atoms with Gasteiger partial charge in [-0.15, -0.1) is 0 Å². The number of hydrogen-bond acceptors (Lipinski definition) is 3. The molecular formula is C12H13BrO3S. The summed E-state index contributed by atoms with van der Waals surface area (Å²) in [4.78, 5) is 0.582. The highest BCUT2D eigenvalue weighted by Crippen LogP contribution is 2.39. The molecule has 1 aromatic carbocycles. The fourth-order valence-corrected chi connectivity index (χ4v) is 4.27.